The number of amides is 2. The molecule has 2 rings (SSSR count). The Kier molecular flexibility index (Phi) is 4.76. The number of ether oxygens (including phenoxy) is 1. The predicted octanol–water partition coefficient (Wildman–Crippen LogP) is -0.841. The summed E-state index contributed by atoms with van der Waals surface area (Å²) < 4.78 is 5.22. The summed E-state index contributed by atoms with van der Waals surface area (Å²) >= 11 is 0. The Morgan fingerprint density at radius 2 is 1.95 bits per heavy atom. The minimum Gasteiger partial charge on any atom is -0.378 e. The number of carbonyl (C=O) groups excluding carboxylic acids is 2. The molecule has 2 fully saturated rings. The zero-order chi connectivity index (χ0) is 13.8. The number of hydrogen-bond acceptors (Lipinski definition) is 4. The molecule has 1 heterocycles. The normalized spacial score (nSPS) is 26.4. The molecule has 2 aliphatic rings. The Morgan fingerprint density at radius 3 is 2.58 bits per heavy atom. The van der Waals surface area contributed by atoms with Crippen molar-refractivity contribution in [3.63, 3.8) is 0 Å². The zero-order valence-corrected chi connectivity index (χ0v) is 11.7. The fraction of sp³-hybridized carbons (Fsp3) is 0.846. The van der Waals surface area contributed by atoms with E-state index >= 15 is 0 Å². The van der Waals surface area contributed by atoms with Crippen LogP contribution in [0.15, 0.2) is 0 Å². The van der Waals surface area contributed by atoms with E-state index in [1.54, 1.807) is 0 Å². The molecule has 0 spiro atoms. The molecule has 19 heavy (non-hydrogen) atoms. The molecule has 1 saturated carbocycles. The summed E-state index contributed by atoms with van der Waals surface area (Å²) in [5.74, 6) is -0.0699. The van der Waals surface area contributed by atoms with Gasteiger partial charge in [0, 0.05) is 26.2 Å². The quantitative estimate of drug-likeness (QED) is 0.707. The van der Waals surface area contributed by atoms with E-state index in [-0.39, 0.29) is 23.7 Å². The first-order valence-corrected chi connectivity index (χ1v) is 6.88. The van der Waals surface area contributed by atoms with Crippen LogP contribution in [0.4, 0.5) is 0 Å². The molecule has 2 atom stereocenters. The van der Waals surface area contributed by atoms with Crippen LogP contribution in [0.1, 0.15) is 6.42 Å². The Balaban J connectivity index is 1.70. The topological polar surface area (TPSA) is 61.9 Å². The second-order valence-corrected chi connectivity index (χ2v) is 5.48. The van der Waals surface area contributed by atoms with Gasteiger partial charge in [0.25, 0.3) is 0 Å². The molecule has 0 aromatic rings. The summed E-state index contributed by atoms with van der Waals surface area (Å²) in [6.45, 7) is 3.99. The minimum atomic E-state index is -0.113. The number of hydrogen-bond donors (Lipinski definition) is 1. The molecule has 2 unspecified atom stereocenters. The Morgan fingerprint density at radius 1 is 1.26 bits per heavy atom. The van der Waals surface area contributed by atoms with Crippen LogP contribution in [-0.4, -0.2) is 75.1 Å². The zero-order valence-electron chi connectivity index (χ0n) is 11.7. The van der Waals surface area contributed by atoms with Crippen molar-refractivity contribution in [2.24, 2.45) is 11.8 Å². The first-order valence-electron chi connectivity index (χ1n) is 6.88. The van der Waals surface area contributed by atoms with E-state index in [1.807, 2.05) is 23.9 Å². The van der Waals surface area contributed by atoms with Gasteiger partial charge in [-0.3, -0.25) is 9.59 Å². The van der Waals surface area contributed by atoms with Crippen LogP contribution >= 0.6 is 0 Å². The van der Waals surface area contributed by atoms with E-state index in [2.05, 4.69) is 5.32 Å². The van der Waals surface area contributed by atoms with E-state index in [0.717, 1.165) is 6.54 Å². The molecule has 1 saturated heterocycles. The van der Waals surface area contributed by atoms with Crippen molar-refractivity contribution >= 4 is 11.8 Å². The number of nitrogens with zero attached hydrogens (tertiary/aromatic N) is 2. The monoisotopic (exact) mass is 269 g/mol. The lowest BCUT2D eigenvalue weighted by atomic mass is 10.2. The van der Waals surface area contributed by atoms with Crippen LogP contribution in [0, 0.1) is 11.8 Å². The number of carbonyl (C=O) groups is 2. The van der Waals surface area contributed by atoms with Gasteiger partial charge in [-0.25, -0.2) is 0 Å². The minimum absolute atomic E-state index is 0.0217. The van der Waals surface area contributed by atoms with Gasteiger partial charge >= 0.3 is 0 Å². The second-order valence-electron chi connectivity index (χ2n) is 5.48. The van der Waals surface area contributed by atoms with Crippen molar-refractivity contribution in [3.8, 4) is 0 Å². The van der Waals surface area contributed by atoms with Gasteiger partial charge in [0.2, 0.25) is 11.8 Å². The highest BCUT2D eigenvalue weighted by molar-refractivity contribution is 5.92. The number of likely N-dealkylation sites (N-methyl/N-ethyl adjacent to an activating group) is 1. The van der Waals surface area contributed by atoms with E-state index in [9.17, 15) is 9.59 Å². The van der Waals surface area contributed by atoms with Crippen LogP contribution in [0.2, 0.25) is 0 Å². The molecular weight excluding hydrogens is 246 g/mol. The van der Waals surface area contributed by atoms with Crippen molar-refractivity contribution < 1.29 is 14.3 Å². The lowest BCUT2D eigenvalue weighted by Gasteiger charge is -2.27. The third-order valence-corrected chi connectivity index (χ3v) is 3.63. The van der Waals surface area contributed by atoms with Gasteiger partial charge in [0.15, 0.2) is 0 Å². The van der Waals surface area contributed by atoms with Crippen LogP contribution < -0.4 is 5.32 Å². The average Bonchev–Trinajstić information content (AvgIpc) is 3.18. The molecule has 0 bridgehead atoms. The van der Waals surface area contributed by atoms with Crippen molar-refractivity contribution in [3.05, 3.63) is 0 Å². The fourth-order valence-corrected chi connectivity index (χ4v) is 2.31. The van der Waals surface area contributed by atoms with E-state index in [1.165, 1.54) is 0 Å². The Bertz CT molecular complexity index is 340. The first-order chi connectivity index (χ1) is 9.09. The van der Waals surface area contributed by atoms with Crippen molar-refractivity contribution in [2.45, 2.75) is 6.42 Å². The molecule has 1 N–H and O–H groups in total. The molecule has 1 aliphatic heterocycles. The molecule has 6 heteroatoms. The molecule has 6 nitrogen and oxygen atoms in total. The van der Waals surface area contributed by atoms with E-state index < -0.39 is 0 Å². The fourth-order valence-electron chi connectivity index (χ4n) is 2.31. The molecule has 108 valence electrons. The van der Waals surface area contributed by atoms with Crippen LogP contribution in [-0.2, 0) is 14.3 Å². The summed E-state index contributed by atoms with van der Waals surface area (Å²) in [6, 6.07) is 0. The van der Waals surface area contributed by atoms with Gasteiger partial charge in [-0.2, -0.15) is 0 Å². The van der Waals surface area contributed by atoms with Gasteiger partial charge < -0.3 is 19.9 Å². The summed E-state index contributed by atoms with van der Waals surface area (Å²) in [6.07, 6.45) is 0.698. The molecule has 1 aliphatic carbocycles. The largest absolute Gasteiger partial charge is 0.378 e. The smallest absolute Gasteiger partial charge is 0.226 e. The number of rotatable bonds is 5. The van der Waals surface area contributed by atoms with Gasteiger partial charge in [-0.1, -0.05) is 0 Å². The highest BCUT2D eigenvalue weighted by atomic mass is 16.5. The Labute approximate surface area is 114 Å². The lowest BCUT2D eigenvalue weighted by Crippen LogP contribution is -2.42. The van der Waals surface area contributed by atoms with Gasteiger partial charge in [-0.05, 0) is 20.5 Å². The maximum atomic E-state index is 12.1. The summed E-state index contributed by atoms with van der Waals surface area (Å²) in [5, 5.41) is 2.89. The second kappa shape index (κ2) is 6.34. The first kappa shape index (κ1) is 14.3. The maximum absolute atomic E-state index is 12.1. The van der Waals surface area contributed by atoms with Crippen molar-refractivity contribution in [2.75, 3.05) is 53.5 Å². The third kappa shape index (κ3) is 3.91. The Hall–Kier alpha value is -1.14. The SMILES string of the molecule is CN(C)CCNC(=O)C1CC1C(=O)N1CCOCC1. The van der Waals surface area contributed by atoms with Gasteiger partial charge in [0.05, 0.1) is 25.0 Å². The highest BCUT2D eigenvalue weighted by Crippen LogP contribution is 2.40. The molecule has 2 amide bonds. The molecule has 0 aromatic heterocycles. The standard InChI is InChI=1S/C13H23N3O3/c1-15(2)4-3-14-12(17)10-9-11(10)13(18)16-5-7-19-8-6-16/h10-11H,3-9H2,1-2H3,(H,14,17). The van der Waals surface area contributed by atoms with Crippen LogP contribution in [0.5, 0.6) is 0 Å². The van der Waals surface area contributed by atoms with E-state index in [4.69, 9.17) is 4.74 Å². The number of nitrogens with one attached hydrogen (secondary N) is 1. The van der Waals surface area contributed by atoms with Crippen molar-refractivity contribution in [1.29, 1.82) is 0 Å². The van der Waals surface area contributed by atoms with E-state index in [0.29, 0.717) is 39.3 Å². The highest BCUT2D eigenvalue weighted by Gasteiger charge is 2.49. The summed E-state index contributed by atoms with van der Waals surface area (Å²) in [7, 11) is 3.93. The van der Waals surface area contributed by atoms with Crippen molar-refractivity contribution in [1.82, 2.24) is 15.1 Å². The van der Waals surface area contributed by atoms with Gasteiger partial charge in [-0.15, -0.1) is 0 Å². The van der Waals surface area contributed by atoms with Gasteiger partial charge in [0.1, 0.15) is 0 Å². The summed E-state index contributed by atoms with van der Waals surface area (Å²) in [4.78, 5) is 27.8. The van der Waals surface area contributed by atoms with Crippen LogP contribution in [0.3, 0.4) is 0 Å². The third-order valence-electron chi connectivity index (χ3n) is 3.63. The average molecular weight is 269 g/mol. The van der Waals surface area contributed by atoms with Crippen LogP contribution in [0.25, 0.3) is 0 Å². The molecule has 0 aromatic carbocycles. The summed E-state index contributed by atoms with van der Waals surface area (Å²) in [5.41, 5.74) is 0. The molecular formula is C13H23N3O3. The predicted molar refractivity (Wildman–Crippen MR) is 70.6 cm³/mol. The molecule has 0 radical (unpaired) electrons. The maximum Gasteiger partial charge on any atom is 0.226 e. The number of morpholine rings is 1. The lowest BCUT2D eigenvalue weighted by molar-refractivity contribution is -0.138.